The molecule has 0 aliphatic carbocycles. The van der Waals surface area contributed by atoms with Gasteiger partial charge in [-0.2, -0.15) is 0 Å². The maximum absolute atomic E-state index is 13.2. The number of carbonyl (C=O) groups is 2. The molecule has 1 aliphatic rings. The van der Waals surface area contributed by atoms with Gasteiger partial charge in [-0.3, -0.25) is 14.5 Å². The molecule has 0 atom stereocenters. The van der Waals surface area contributed by atoms with Gasteiger partial charge in [0.15, 0.2) is 11.5 Å². The lowest BCUT2D eigenvalue weighted by molar-refractivity contribution is 0.0941. The summed E-state index contributed by atoms with van der Waals surface area (Å²) in [5, 5.41) is 2.98. The van der Waals surface area contributed by atoms with E-state index in [2.05, 4.69) is 10.3 Å². The van der Waals surface area contributed by atoms with E-state index in [1.807, 2.05) is 47.0 Å². The molecule has 4 rings (SSSR count). The Morgan fingerprint density at radius 1 is 1.13 bits per heavy atom. The minimum absolute atomic E-state index is 0.196. The number of aromatic nitrogens is 2. The highest BCUT2D eigenvalue weighted by molar-refractivity contribution is 6.09. The highest BCUT2D eigenvalue weighted by Gasteiger charge is 2.29. The summed E-state index contributed by atoms with van der Waals surface area (Å²) in [6, 6.07) is 16.6. The summed E-state index contributed by atoms with van der Waals surface area (Å²) >= 11 is 0. The van der Waals surface area contributed by atoms with Crippen LogP contribution in [0.3, 0.4) is 0 Å². The molecule has 2 aromatic carbocycles. The fourth-order valence-electron chi connectivity index (χ4n) is 3.85. The van der Waals surface area contributed by atoms with Crippen LogP contribution in [0.1, 0.15) is 45.1 Å². The van der Waals surface area contributed by atoms with E-state index in [-0.39, 0.29) is 11.8 Å². The SMILES string of the molecule is COc1cccc(CNC(=O)c2c(N(C)C(=O)c3ccccc3)nc3n2CCCC3)c1. The van der Waals surface area contributed by atoms with Gasteiger partial charge in [0, 0.05) is 32.1 Å². The molecule has 0 radical (unpaired) electrons. The summed E-state index contributed by atoms with van der Waals surface area (Å²) in [6.45, 7) is 1.07. The van der Waals surface area contributed by atoms with E-state index in [1.54, 1.807) is 26.3 Å². The van der Waals surface area contributed by atoms with E-state index in [0.717, 1.165) is 42.9 Å². The van der Waals surface area contributed by atoms with Gasteiger partial charge in [-0.25, -0.2) is 4.98 Å². The Balaban J connectivity index is 1.62. The Labute approximate surface area is 181 Å². The quantitative estimate of drug-likeness (QED) is 0.665. The first-order valence-corrected chi connectivity index (χ1v) is 10.4. The zero-order valence-corrected chi connectivity index (χ0v) is 17.8. The first-order chi connectivity index (χ1) is 15.1. The summed E-state index contributed by atoms with van der Waals surface area (Å²) in [6.07, 6.45) is 2.80. The number of anilines is 1. The van der Waals surface area contributed by atoms with Gasteiger partial charge in [-0.05, 0) is 42.7 Å². The summed E-state index contributed by atoms with van der Waals surface area (Å²) in [5.74, 6) is 1.54. The van der Waals surface area contributed by atoms with Gasteiger partial charge in [-0.15, -0.1) is 0 Å². The maximum Gasteiger partial charge on any atom is 0.272 e. The van der Waals surface area contributed by atoms with Crippen molar-refractivity contribution in [3.05, 3.63) is 77.2 Å². The van der Waals surface area contributed by atoms with E-state index >= 15 is 0 Å². The van der Waals surface area contributed by atoms with E-state index in [0.29, 0.717) is 23.6 Å². The van der Waals surface area contributed by atoms with Crippen molar-refractivity contribution in [2.24, 2.45) is 0 Å². The molecule has 0 saturated heterocycles. The predicted octanol–water partition coefficient (Wildman–Crippen LogP) is 3.43. The minimum Gasteiger partial charge on any atom is -0.497 e. The van der Waals surface area contributed by atoms with Crippen molar-refractivity contribution < 1.29 is 14.3 Å². The predicted molar refractivity (Wildman–Crippen MR) is 119 cm³/mol. The molecule has 0 unspecified atom stereocenters. The van der Waals surface area contributed by atoms with Gasteiger partial charge in [-0.1, -0.05) is 30.3 Å². The second-order valence-electron chi connectivity index (χ2n) is 7.57. The van der Waals surface area contributed by atoms with Gasteiger partial charge in [0.1, 0.15) is 11.6 Å². The first-order valence-electron chi connectivity index (χ1n) is 10.4. The van der Waals surface area contributed by atoms with Gasteiger partial charge >= 0.3 is 0 Å². The molecule has 2 amide bonds. The average Bonchev–Trinajstić information content (AvgIpc) is 3.22. The van der Waals surface area contributed by atoms with Crippen LogP contribution in [0.5, 0.6) is 5.75 Å². The smallest absolute Gasteiger partial charge is 0.272 e. The number of carbonyl (C=O) groups excluding carboxylic acids is 2. The molecule has 0 saturated carbocycles. The van der Waals surface area contributed by atoms with E-state index in [4.69, 9.17) is 4.74 Å². The normalized spacial score (nSPS) is 12.7. The van der Waals surface area contributed by atoms with Crippen LogP contribution in [0.4, 0.5) is 5.82 Å². The first kappa shape index (κ1) is 20.7. The van der Waals surface area contributed by atoms with Crippen molar-refractivity contribution in [1.29, 1.82) is 0 Å². The molecule has 1 aromatic heterocycles. The number of hydrogen-bond acceptors (Lipinski definition) is 4. The number of fused-ring (bicyclic) bond motifs is 1. The van der Waals surface area contributed by atoms with E-state index < -0.39 is 0 Å². The zero-order valence-electron chi connectivity index (χ0n) is 17.8. The summed E-state index contributed by atoms with van der Waals surface area (Å²) < 4.78 is 7.21. The standard InChI is InChI=1S/C24H26N4O3/c1-27(24(30)18-10-4-3-5-11-18)22-21(28-14-7-6-13-20(28)26-22)23(29)25-16-17-9-8-12-19(15-17)31-2/h3-5,8-12,15H,6-7,13-14,16H2,1-2H3,(H,25,29). The number of aryl methyl sites for hydroxylation is 1. The van der Waals surface area contributed by atoms with Gasteiger partial charge in [0.25, 0.3) is 11.8 Å². The third-order valence-corrected chi connectivity index (χ3v) is 5.51. The monoisotopic (exact) mass is 418 g/mol. The van der Waals surface area contributed by atoms with Crippen molar-refractivity contribution >= 4 is 17.6 Å². The largest absolute Gasteiger partial charge is 0.497 e. The molecule has 2 heterocycles. The zero-order chi connectivity index (χ0) is 21.8. The van der Waals surface area contributed by atoms with Crippen LogP contribution in [-0.2, 0) is 19.5 Å². The lowest BCUT2D eigenvalue weighted by Gasteiger charge is -2.19. The molecule has 31 heavy (non-hydrogen) atoms. The van der Waals surface area contributed by atoms with Gasteiger partial charge in [0.05, 0.1) is 7.11 Å². The molecule has 0 bridgehead atoms. The lowest BCUT2D eigenvalue weighted by atomic mass is 10.1. The van der Waals surface area contributed by atoms with Gasteiger partial charge < -0.3 is 14.6 Å². The number of hydrogen-bond donors (Lipinski definition) is 1. The van der Waals surface area contributed by atoms with Crippen LogP contribution in [0.25, 0.3) is 0 Å². The number of methoxy groups -OCH3 is 1. The molecule has 0 fully saturated rings. The third-order valence-electron chi connectivity index (χ3n) is 5.51. The molecule has 0 spiro atoms. The second-order valence-corrected chi connectivity index (χ2v) is 7.57. The average molecular weight is 418 g/mol. The number of rotatable bonds is 6. The Hall–Kier alpha value is -3.61. The summed E-state index contributed by atoms with van der Waals surface area (Å²) in [5.41, 5.74) is 1.92. The Kier molecular flexibility index (Phi) is 6.02. The number of nitrogens with one attached hydrogen (secondary N) is 1. The number of imidazole rings is 1. The number of benzene rings is 2. The fraction of sp³-hybridized carbons (Fsp3) is 0.292. The lowest BCUT2D eigenvalue weighted by Crippen LogP contribution is -2.32. The van der Waals surface area contributed by atoms with Crippen LogP contribution in [0.2, 0.25) is 0 Å². The van der Waals surface area contributed by atoms with Crippen molar-refractivity contribution in [2.45, 2.75) is 32.4 Å². The Morgan fingerprint density at radius 3 is 2.71 bits per heavy atom. The number of nitrogens with zero attached hydrogens (tertiary/aromatic N) is 3. The van der Waals surface area contributed by atoms with Crippen LogP contribution < -0.4 is 15.0 Å². The second kappa shape index (κ2) is 9.04. The van der Waals surface area contributed by atoms with Crippen LogP contribution in [0, 0.1) is 0 Å². The highest BCUT2D eigenvalue weighted by atomic mass is 16.5. The van der Waals surface area contributed by atoms with Gasteiger partial charge in [0.2, 0.25) is 0 Å². The van der Waals surface area contributed by atoms with Crippen LogP contribution >= 0.6 is 0 Å². The number of ether oxygens (including phenoxy) is 1. The Morgan fingerprint density at radius 2 is 1.94 bits per heavy atom. The highest BCUT2D eigenvalue weighted by Crippen LogP contribution is 2.27. The molecular weight excluding hydrogens is 392 g/mol. The Bertz CT molecular complexity index is 1090. The van der Waals surface area contributed by atoms with Crippen LogP contribution in [0.15, 0.2) is 54.6 Å². The van der Waals surface area contributed by atoms with E-state index in [1.165, 1.54) is 4.90 Å². The molecule has 160 valence electrons. The van der Waals surface area contributed by atoms with Crippen molar-refractivity contribution in [3.63, 3.8) is 0 Å². The molecule has 1 aliphatic heterocycles. The molecule has 1 N–H and O–H groups in total. The minimum atomic E-state index is -0.244. The molecule has 3 aromatic rings. The molecular formula is C24H26N4O3. The number of amides is 2. The van der Waals surface area contributed by atoms with Crippen LogP contribution in [-0.4, -0.2) is 35.5 Å². The van der Waals surface area contributed by atoms with Crippen molar-refractivity contribution in [2.75, 3.05) is 19.1 Å². The molecule has 7 heteroatoms. The molecule has 7 nitrogen and oxygen atoms in total. The maximum atomic E-state index is 13.2. The van der Waals surface area contributed by atoms with Crippen molar-refractivity contribution in [1.82, 2.24) is 14.9 Å². The van der Waals surface area contributed by atoms with Crippen molar-refractivity contribution in [3.8, 4) is 5.75 Å². The van der Waals surface area contributed by atoms with E-state index in [9.17, 15) is 9.59 Å². The fourth-order valence-corrected chi connectivity index (χ4v) is 3.85. The summed E-state index contributed by atoms with van der Waals surface area (Å²) in [4.78, 5) is 32.4. The topological polar surface area (TPSA) is 76.5 Å². The third kappa shape index (κ3) is 4.30. The summed E-state index contributed by atoms with van der Waals surface area (Å²) in [7, 11) is 3.28.